The Balaban J connectivity index is 2.43. The van der Waals surface area contributed by atoms with E-state index in [-0.39, 0.29) is 23.1 Å². The Kier molecular flexibility index (Phi) is 3.32. The van der Waals surface area contributed by atoms with E-state index in [1.54, 1.807) is 0 Å². The highest BCUT2D eigenvalue weighted by Gasteiger charge is 2.15. The summed E-state index contributed by atoms with van der Waals surface area (Å²) in [5.41, 5.74) is 1.35. The van der Waals surface area contributed by atoms with Crippen LogP contribution in [0, 0.1) is 18.6 Å². The molecule has 1 heterocycles. The van der Waals surface area contributed by atoms with Gasteiger partial charge in [0, 0.05) is 17.7 Å². The van der Waals surface area contributed by atoms with Crippen molar-refractivity contribution in [3.63, 3.8) is 0 Å². The van der Waals surface area contributed by atoms with Crippen LogP contribution < -0.4 is 5.56 Å². The van der Waals surface area contributed by atoms with Crippen molar-refractivity contribution in [2.45, 2.75) is 26.7 Å². The average Bonchev–Trinajstić information content (AvgIpc) is 2.71. The maximum atomic E-state index is 13.7. The van der Waals surface area contributed by atoms with Crippen LogP contribution in [0.4, 0.5) is 8.78 Å². The Morgan fingerprint density at radius 2 is 1.89 bits per heavy atom. The van der Waals surface area contributed by atoms with Gasteiger partial charge in [0.05, 0.1) is 0 Å². The first-order chi connectivity index (χ1) is 8.54. The van der Waals surface area contributed by atoms with E-state index in [0.29, 0.717) is 12.0 Å². The third kappa shape index (κ3) is 2.08. The van der Waals surface area contributed by atoms with Crippen molar-refractivity contribution >= 4 is 0 Å². The predicted molar refractivity (Wildman–Crippen MR) is 64.7 cm³/mol. The van der Waals surface area contributed by atoms with E-state index in [1.165, 1.54) is 19.1 Å². The second-order valence-electron chi connectivity index (χ2n) is 4.24. The fraction of sp³-hybridized carbons (Fsp3) is 0.308. The minimum atomic E-state index is -0.877. The van der Waals surface area contributed by atoms with E-state index in [4.69, 9.17) is 0 Å². The summed E-state index contributed by atoms with van der Waals surface area (Å²) in [6.45, 7) is 3.39. The minimum absolute atomic E-state index is 0.0883. The first kappa shape index (κ1) is 12.5. The van der Waals surface area contributed by atoms with Crippen molar-refractivity contribution in [3.8, 4) is 0 Å². The second-order valence-corrected chi connectivity index (χ2v) is 4.24. The normalized spacial score (nSPS) is 10.9. The number of hydrogen-bond acceptors (Lipinski definition) is 1. The van der Waals surface area contributed by atoms with E-state index in [2.05, 4.69) is 10.2 Å². The smallest absolute Gasteiger partial charge is 0.267 e. The molecule has 5 heteroatoms. The summed E-state index contributed by atoms with van der Waals surface area (Å²) in [5.74, 6) is -1.73. The third-order valence-corrected chi connectivity index (χ3v) is 3.04. The molecule has 0 unspecified atom stereocenters. The Morgan fingerprint density at radius 3 is 2.56 bits per heavy atom. The minimum Gasteiger partial charge on any atom is -0.302 e. The lowest BCUT2D eigenvalue weighted by Crippen LogP contribution is -2.09. The molecule has 2 rings (SSSR count). The molecule has 0 aliphatic heterocycles. The van der Waals surface area contributed by atoms with E-state index >= 15 is 0 Å². The van der Waals surface area contributed by atoms with E-state index in [0.717, 1.165) is 5.69 Å². The van der Waals surface area contributed by atoms with Crippen LogP contribution in [0.1, 0.15) is 29.3 Å². The van der Waals surface area contributed by atoms with Crippen LogP contribution in [0.5, 0.6) is 0 Å². The molecule has 0 radical (unpaired) electrons. The molecule has 0 atom stereocenters. The summed E-state index contributed by atoms with van der Waals surface area (Å²) in [6, 6.07) is 3.03. The van der Waals surface area contributed by atoms with Gasteiger partial charge in [-0.25, -0.2) is 8.78 Å². The standard InChI is InChI=1S/C13H14F2N2O/c1-3-10-9(13(18)17-16-10)6-8-5-4-7(2)11(14)12(8)15/h4-5H,3,6H2,1-2H3,(H2,16,17,18). The molecule has 1 aromatic carbocycles. The molecule has 0 bridgehead atoms. The highest BCUT2D eigenvalue weighted by Crippen LogP contribution is 2.18. The molecule has 0 saturated carbocycles. The van der Waals surface area contributed by atoms with Crippen molar-refractivity contribution in [1.29, 1.82) is 0 Å². The maximum absolute atomic E-state index is 13.7. The molecule has 0 saturated heterocycles. The highest BCUT2D eigenvalue weighted by atomic mass is 19.2. The third-order valence-electron chi connectivity index (χ3n) is 3.04. The van der Waals surface area contributed by atoms with Crippen LogP contribution in [0.3, 0.4) is 0 Å². The number of hydrogen-bond donors (Lipinski definition) is 2. The van der Waals surface area contributed by atoms with Crippen LogP contribution in [-0.4, -0.2) is 10.2 Å². The monoisotopic (exact) mass is 252 g/mol. The number of aromatic nitrogens is 2. The number of rotatable bonds is 3. The zero-order valence-electron chi connectivity index (χ0n) is 10.2. The lowest BCUT2D eigenvalue weighted by molar-refractivity contribution is 0.495. The topological polar surface area (TPSA) is 48.6 Å². The molecule has 2 N–H and O–H groups in total. The van der Waals surface area contributed by atoms with Gasteiger partial charge in [-0.15, -0.1) is 0 Å². The van der Waals surface area contributed by atoms with Gasteiger partial charge in [-0.1, -0.05) is 19.1 Å². The molecule has 0 aliphatic rings. The lowest BCUT2D eigenvalue weighted by atomic mass is 10.0. The van der Waals surface area contributed by atoms with Gasteiger partial charge in [-0.2, -0.15) is 0 Å². The van der Waals surface area contributed by atoms with Crippen LogP contribution in [0.15, 0.2) is 16.9 Å². The largest absolute Gasteiger partial charge is 0.302 e. The summed E-state index contributed by atoms with van der Waals surface area (Å²) < 4.78 is 27.2. The van der Waals surface area contributed by atoms with Crippen LogP contribution in [0.2, 0.25) is 0 Å². The first-order valence-electron chi connectivity index (χ1n) is 5.76. The van der Waals surface area contributed by atoms with E-state index < -0.39 is 11.6 Å². The number of nitrogens with one attached hydrogen (secondary N) is 2. The molecule has 96 valence electrons. The van der Waals surface area contributed by atoms with Crippen molar-refractivity contribution in [1.82, 2.24) is 10.2 Å². The number of H-pyrrole nitrogens is 2. The van der Waals surface area contributed by atoms with Gasteiger partial charge in [-0.3, -0.25) is 9.89 Å². The molecule has 2 aromatic rings. The first-order valence-corrected chi connectivity index (χ1v) is 5.76. The highest BCUT2D eigenvalue weighted by molar-refractivity contribution is 5.31. The fourth-order valence-corrected chi connectivity index (χ4v) is 1.92. The molecule has 0 aliphatic carbocycles. The maximum Gasteiger partial charge on any atom is 0.267 e. The SMILES string of the molecule is CCc1[nH][nH]c(=O)c1Cc1ccc(C)c(F)c1F. The van der Waals surface area contributed by atoms with Crippen molar-refractivity contribution in [3.05, 3.63) is 56.5 Å². The molecular weight excluding hydrogens is 238 g/mol. The van der Waals surface area contributed by atoms with E-state index in [9.17, 15) is 13.6 Å². The molecule has 3 nitrogen and oxygen atoms in total. The summed E-state index contributed by atoms with van der Waals surface area (Å²) in [6.07, 6.45) is 0.717. The number of benzene rings is 1. The zero-order valence-corrected chi connectivity index (χ0v) is 10.2. The Labute approximate surface area is 103 Å². The lowest BCUT2D eigenvalue weighted by Gasteiger charge is -2.05. The predicted octanol–water partition coefficient (Wildman–Crippen LogP) is 2.44. The van der Waals surface area contributed by atoms with Crippen molar-refractivity contribution in [2.24, 2.45) is 0 Å². The van der Waals surface area contributed by atoms with Gasteiger partial charge in [0.25, 0.3) is 5.56 Å². The Hall–Kier alpha value is -1.91. The van der Waals surface area contributed by atoms with Crippen LogP contribution in [-0.2, 0) is 12.8 Å². The summed E-state index contributed by atoms with van der Waals surface area (Å²) in [7, 11) is 0. The van der Waals surface area contributed by atoms with Gasteiger partial charge in [-0.05, 0) is 24.5 Å². The molecule has 0 amide bonds. The number of halogens is 2. The van der Waals surface area contributed by atoms with Crippen LogP contribution in [0.25, 0.3) is 0 Å². The van der Waals surface area contributed by atoms with E-state index in [1.807, 2.05) is 6.92 Å². The second kappa shape index (κ2) is 4.76. The zero-order chi connectivity index (χ0) is 13.3. The van der Waals surface area contributed by atoms with Crippen LogP contribution >= 0.6 is 0 Å². The molecular formula is C13H14F2N2O. The summed E-state index contributed by atoms with van der Waals surface area (Å²) in [4.78, 5) is 11.6. The number of aromatic amines is 2. The summed E-state index contributed by atoms with van der Waals surface area (Å²) in [5, 5.41) is 5.19. The molecule has 0 fully saturated rings. The van der Waals surface area contributed by atoms with Crippen molar-refractivity contribution < 1.29 is 8.78 Å². The van der Waals surface area contributed by atoms with Gasteiger partial charge in [0.2, 0.25) is 0 Å². The average molecular weight is 252 g/mol. The molecule has 1 aromatic heterocycles. The number of aryl methyl sites for hydroxylation is 2. The Morgan fingerprint density at radius 1 is 1.17 bits per heavy atom. The van der Waals surface area contributed by atoms with Crippen molar-refractivity contribution in [2.75, 3.05) is 0 Å². The van der Waals surface area contributed by atoms with Gasteiger partial charge in [0.1, 0.15) is 0 Å². The molecule has 0 spiro atoms. The van der Waals surface area contributed by atoms with Gasteiger partial charge >= 0.3 is 0 Å². The Bertz CT molecular complexity index is 628. The summed E-state index contributed by atoms with van der Waals surface area (Å²) >= 11 is 0. The fourth-order valence-electron chi connectivity index (χ4n) is 1.92. The van der Waals surface area contributed by atoms with Gasteiger partial charge in [0.15, 0.2) is 11.6 Å². The quantitative estimate of drug-likeness (QED) is 0.866. The molecule has 18 heavy (non-hydrogen) atoms. The van der Waals surface area contributed by atoms with Gasteiger partial charge < -0.3 is 5.10 Å².